The molecule has 21 heavy (non-hydrogen) atoms. The first-order chi connectivity index (χ1) is 10.2. The molecular formula is C17H27N3O. The number of rotatable bonds is 4. The van der Waals surface area contributed by atoms with E-state index in [0.29, 0.717) is 13.1 Å². The van der Waals surface area contributed by atoms with E-state index >= 15 is 0 Å². The molecule has 2 rings (SSSR count). The molecule has 0 aliphatic carbocycles. The Morgan fingerprint density at radius 1 is 1.14 bits per heavy atom. The Morgan fingerprint density at radius 2 is 1.76 bits per heavy atom. The Bertz CT molecular complexity index is 436. The van der Waals surface area contributed by atoms with E-state index in [0.717, 1.165) is 38.0 Å². The van der Waals surface area contributed by atoms with Crippen LogP contribution in [-0.2, 0) is 0 Å². The number of nitrogens with two attached hydrogens (primary N) is 1. The SMILES string of the molecule is Cc1ccc(N(CCCN)C(=O)N2CCCCCC2)cc1. The van der Waals surface area contributed by atoms with Crippen molar-refractivity contribution in [3.63, 3.8) is 0 Å². The van der Waals surface area contributed by atoms with E-state index in [1.54, 1.807) is 0 Å². The summed E-state index contributed by atoms with van der Waals surface area (Å²) in [5.74, 6) is 0. The number of carbonyl (C=O) groups excluding carboxylic acids is 1. The Hall–Kier alpha value is -1.55. The van der Waals surface area contributed by atoms with Crippen LogP contribution in [0, 0.1) is 6.92 Å². The number of hydrogen-bond acceptors (Lipinski definition) is 2. The van der Waals surface area contributed by atoms with Gasteiger partial charge in [0.1, 0.15) is 0 Å². The Balaban J connectivity index is 2.13. The number of anilines is 1. The minimum Gasteiger partial charge on any atom is -0.330 e. The molecule has 0 aromatic heterocycles. The number of likely N-dealkylation sites (tertiary alicyclic amines) is 1. The third-order valence-corrected chi connectivity index (χ3v) is 4.04. The third-order valence-electron chi connectivity index (χ3n) is 4.04. The zero-order chi connectivity index (χ0) is 15.1. The van der Waals surface area contributed by atoms with Gasteiger partial charge in [-0.2, -0.15) is 0 Å². The Kier molecular flexibility index (Phi) is 6.05. The maximum absolute atomic E-state index is 12.9. The Labute approximate surface area is 127 Å². The van der Waals surface area contributed by atoms with Crippen molar-refractivity contribution in [1.82, 2.24) is 4.90 Å². The van der Waals surface area contributed by atoms with Crippen LogP contribution in [-0.4, -0.2) is 37.1 Å². The van der Waals surface area contributed by atoms with Crippen molar-refractivity contribution < 1.29 is 4.79 Å². The van der Waals surface area contributed by atoms with Gasteiger partial charge in [-0.25, -0.2) is 4.79 Å². The van der Waals surface area contributed by atoms with Crippen LogP contribution in [0.2, 0.25) is 0 Å². The minimum atomic E-state index is 0.134. The van der Waals surface area contributed by atoms with Crippen molar-refractivity contribution in [3.05, 3.63) is 29.8 Å². The van der Waals surface area contributed by atoms with Crippen molar-refractivity contribution >= 4 is 11.7 Å². The molecule has 0 saturated carbocycles. The highest BCUT2D eigenvalue weighted by Crippen LogP contribution is 2.19. The predicted molar refractivity (Wildman–Crippen MR) is 87.6 cm³/mol. The Morgan fingerprint density at radius 3 is 2.33 bits per heavy atom. The molecule has 1 aliphatic rings. The normalized spacial score (nSPS) is 15.6. The van der Waals surface area contributed by atoms with Crippen LogP contribution in [0.4, 0.5) is 10.5 Å². The van der Waals surface area contributed by atoms with Gasteiger partial charge in [-0.15, -0.1) is 0 Å². The van der Waals surface area contributed by atoms with Gasteiger partial charge in [0, 0.05) is 25.3 Å². The number of aryl methyl sites for hydroxylation is 1. The standard InChI is InChI=1S/C17H27N3O/c1-15-7-9-16(10-8-15)20(14-6-11-18)17(21)19-12-4-2-3-5-13-19/h7-10H,2-6,11-14,18H2,1H3. The monoisotopic (exact) mass is 289 g/mol. The average molecular weight is 289 g/mol. The molecular weight excluding hydrogens is 262 g/mol. The fraction of sp³-hybridized carbons (Fsp3) is 0.588. The summed E-state index contributed by atoms with van der Waals surface area (Å²) in [5.41, 5.74) is 7.81. The zero-order valence-electron chi connectivity index (χ0n) is 13.1. The van der Waals surface area contributed by atoms with E-state index in [2.05, 4.69) is 19.1 Å². The lowest BCUT2D eigenvalue weighted by atomic mass is 10.2. The van der Waals surface area contributed by atoms with Crippen LogP contribution in [0.5, 0.6) is 0 Å². The highest BCUT2D eigenvalue weighted by molar-refractivity contribution is 5.92. The molecule has 1 aromatic carbocycles. The second-order valence-corrected chi connectivity index (χ2v) is 5.81. The van der Waals surface area contributed by atoms with Crippen molar-refractivity contribution in [2.24, 2.45) is 5.73 Å². The van der Waals surface area contributed by atoms with Crippen molar-refractivity contribution in [2.75, 3.05) is 31.1 Å². The van der Waals surface area contributed by atoms with E-state index in [-0.39, 0.29) is 6.03 Å². The second-order valence-electron chi connectivity index (χ2n) is 5.81. The number of amides is 2. The first-order valence-corrected chi connectivity index (χ1v) is 8.05. The fourth-order valence-electron chi connectivity index (χ4n) is 2.74. The zero-order valence-corrected chi connectivity index (χ0v) is 13.1. The molecule has 1 saturated heterocycles. The average Bonchev–Trinajstić information content (AvgIpc) is 2.78. The second kappa shape index (κ2) is 8.03. The molecule has 116 valence electrons. The van der Waals surface area contributed by atoms with E-state index in [4.69, 9.17) is 5.73 Å². The highest BCUT2D eigenvalue weighted by atomic mass is 16.2. The molecule has 2 N–H and O–H groups in total. The molecule has 0 atom stereocenters. The van der Waals surface area contributed by atoms with E-state index in [1.807, 2.05) is 21.9 Å². The smallest absolute Gasteiger partial charge is 0.324 e. The molecule has 0 unspecified atom stereocenters. The summed E-state index contributed by atoms with van der Waals surface area (Å²) in [6, 6.07) is 8.30. The van der Waals surface area contributed by atoms with Crippen LogP contribution in [0.25, 0.3) is 0 Å². The fourth-order valence-corrected chi connectivity index (χ4v) is 2.74. The molecule has 1 heterocycles. The third kappa shape index (κ3) is 4.46. The van der Waals surface area contributed by atoms with Gasteiger partial charge < -0.3 is 10.6 Å². The lowest BCUT2D eigenvalue weighted by molar-refractivity contribution is 0.206. The van der Waals surface area contributed by atoms with Crippen molar-refractivity contribution in [2.45, 2.75) is 39.0 Å². The number of nitrogens with zero attached hydrogens (tertiary/aromatic N) is 2. The molecule has 2 amide bonds. The maximum atomic E-state index is 12.9. The molecule has 0 spiro atoms. The van der Waals surface area contributed by atoms with Crippen LogP contribution in [0.3, 0.4) is 0 Å². The van der Waals surface area contributed by atoms with Crippen molar-refractivity contribution in [3.8, 4) is 0 Å². The summed E-state index contributed by atoms with van der Waals surface area (Å²) in [6.07, 6.45) is 5.52. The molecule has 0 bridgehead atoms. The summed E-state index contributed by atoms with van der Waals surface area (Å²) in [7, 11) is 0. The number of benzene rings is 1. The number of urea groups is 1. The lowest BCUT2D eigenvalue weighted by Crippen LogP contribution is -2.44. The maximum Gasteiger partial charge on any atom is 0.324 e. The van der Waals surface area contributed by atoms with Crippen LogP contribution in [0.1, 0.15) is 37.7 Å². The first kappa shape index (κ1) is 15.8. The summed E-state index contributed by atoms with van der Waals surface area (Å²) in [5, 5.41) is 0. The minimum absolute atomic E-state index is 0.134. The van der Waals surface area contributed by atoms with E-state index in [1.165, 1.54) is 18.4 Å². The molecule has 1 aromatic rings. The van der Waals surface area contributed by atoms with Crippen LogP contribution in [0.15, 0.2) is 24.3 Å². The number of carbonyl (C=O) groups is 1. The molecule has 0 radical (unpaired) electrons. The van der Waals surface area contributed by atoms with Gasteiger partial charge in [-0.3, -0.25) is 4.90 Å². The summed E-state index contributed by atoms with van der Waals surface area (Å²) >= 11 is 0. The van der Waals surface area contributed by atoms with E-state index < -0.39 is 0 Å². The van der Waals surface area contributed by atoms with Gasteiger partial charge in [0.2, 0.25) is 0 Å². The first-order valence-electron chi connectivity index (χ1n) is 8.05. The van der Waals surface area contributed by atoms with Gasteiger partial charge in [-0.05, 0) is 44.9 Å². The molecule has 4 nitrogen and oxygen atoms in total. The highest BCUT2D eigenvalue weighted by Gasteiger charge is 2.22. The van der Waals surface area contributed by atoms with Crippen LogP contribution < -0.4 is 10.6 Å². The topological polar surface area (TPSA) is 49.6 Å². The molecule has 4 heteroatoms. The lowest BCUT2D eigenvalue weighted by Gasteiger charge is -2.30. The molecule has 1 aliphatic heterocycles. The summed E-state index contributed by atoms with van der Waals surface area (Å²) in [6.45, 7) is 5.11. The predicted octanol–water partition coefficient (Wildman–Crippen LogP) is 3.15. The quantitative estimate of drug-likeness (QED) is 0.925. The van der Waals surface area contributed by atoms with Gasteiger partial charge >= 0.3 is 6.03 Å². The summed E-state index contributed by atoms with van der Waals surface area (Å²) < 4.78 is 0. The largest absolute Gasteiger partial charge is 0.330 e. The number of hydrogen-bond donors (Lipinski definition) is 1. The summed E-state index contributed by atoms with van der Waals surface area (Å²) in [4.78, 5) is 16.7. The van der Waals surface area contributed by atoms with Gasteiger partial charge in [0.25, 0.3) is 0 Å². The van der Waals surface area contributed by atoms with Crippen LogP contribution >= 0.6 is 0 Å². The van der Waals surface area contributed by atoms with E-state index in [9.17, 15) is 4.79 Å². The van der Waals surface area contributed by atoms with Gasteiger partial charge in [-0.1, -0.05) is 30.5 Å². The van der Waals surface area contributed by atoms with Crippen molar-refractivity contribution in [1.29, 1.82) is 0 Å². The van der Waals surface area contributed by atoms with Gasteiger partial charge in [0.15, 0.2) is 0 Å². The molecule has 1 fully saturated rings. The van der Waals surface area contributed by atoms with Gasteiger partial charge in [0.05, 0.1) is 0 Å².